The molecule has 2 saturated heterocycles. The average molecular weight is 663 g/mol. The van der Waals surface area contributed by atoms with Gasteiger partial charge in [-0.05, 0) is 58.8 Å². The average Bonchev–Trinajstić information content (AvgIpc) is 3.83. The number of hydrogen-bond acceptors (Lipinski definition) is 11. The van der Waals surface area contributed by atoms with Crippen molar-refractivity contribution in [1.82, 2.24) is 24.8 Å². The molecule has 2 atom stereocenters. The van der Waals surface area contributed by atoms with Gasteiger partial charge in [-0.1, -0.05) is 0 Å². The Kier molecular flexibility index (Phi) is 7.99. The van der Waals surface area contributed by atoms with Crippen molar-refractivity contribution in [2.75, 3.05) is 50.5 Å². The first kappa shape index (κ1) is 31.6. The van der Waals surface area contributed by atoms with Crippen LogP contribution in [0.1, 0.15) is 50.3 Å². The summed E-state index contributed by atoms with van der Waals surface area (Å²) in [5, 5.41) is 13.5. The number of halogens is 2. The fourth-order valence-electron chi connectivity index (χ4n) is 6.90. The van der Waals surface area contributed by atoms with E-state index in [9.17, 15) is 10.1 Å². The minimum Gasteiger partial charge on any atom is -0.444 e. The van der Waals surface area contributed by atoms with Crippen molar-refractivity contribution in [3.8, 4) is 17.3 Å². The number of benzene rings is 1. The maximum atomic E-state index is 16.9. The Hall–Kier alpha value is -4.03. The van der Waals surface area contributed by atoms with Crippen LogP contribution in [0.2, 0.25) is 0 Å². The highest BCUT2D eigenvalue weighted by atomic mass is 32.1. The first-order valence-corrected chi connectivity index (χ1v) is 16.5. The highest BCUT2D eigenvalue weighted by Crippen LogP contribution is 2.46. The maximum absolute atomic E-state index is 16.9. The van der Waals surface area contributed by atoms with Gasteiger partial charge in [0.05, 0.1) is 35.4 Å². The molecule has 7 rings (SSSR count). The van der Waals surface area contributed by atoms with E-state index >= 15 is 8.78 Å². The number of anilines is 2. The summed E-state index contributed by atoms with van der Waals surface area (Å²) < 4.78 is 43.3. The number of carbonyl (C=O) groups excluding carboxylic acids is 1. The summed E-state index contributed by atoms with van der Waals surface area (Å²) in [6.07, 6.45) is 3.98. The number of fused-ring (bicyclic) bond motifs is 4. The number of carbonyl (C=O) groups is 1. The van der Waals surface area contributed by atoms with Crippen LogP contribution in [0.3, 0.4) is 0 Å². The largest absolute Gasteiger partial charge is 0.444 e. The lowest BCUT2D eigenvalue weighted by atomic mass is 9.94. The minimum absolute atomic E-state index is 0.0325. The van der Waals surface area contributed by atoms with Gasteiger partial charge >= 0.3 is 6.09 Å². The van der Waals surface area contributed by atoms with Crippen molar-refractivity contribution in [3.63, 3.8) is 0 Å². The quantitative estimate of drug-likeness (QED) is 0.287. The van der Waals surface area contributed by atoms with Gasteiger partial charge in [0.25, 0.3) is 0 Å². The predicted molar refractivity (Wildman–Crippen MR) is 175 cm³/mol. The highest BCUT2D eigenvalue weighted by molar-refractivity contribution is 7.23. The molecular weight excluding hydrogens is 626 g/mol. The number of nitrogens with zero attached hydrogens (tertiary/aromatic N) is 7. The van der Waals surface area contributed by atoms with Crippen molar-refractivity contribution in [3.05, 3.63) is 40.7 Å². The molecule has 11 nitrogen and oxygen atoms in total. The van der Waals surface area contributed by atoms with Crippen LogP contribution in [0.25, 0.3) is 32.2 Å². The topological polar surface area (TPSA) is 120 Å². The Morgan fingerprint density at radius 2 is 1.94 bits per heavy atom. The number of pyridine rings is 1. The van der Waals surface area contributed by atoms with Crippen LogP contribution < -0.4 is 10.2 Å². The number of hydrogen-bond donors (Lipinski definition) is 1. The normalized spacial score (nSPS) is 20.0. The molecule has 14 heteroatoms. The van der Waals surface area contributed by atoms with Gasteiger partial charge < -0.3 is 19.3 Å². The summed E-state index contributed by atoms with van der Waals surface area (Å²) >= 11 is 0.870. The Bertz CT molecular complexity index is 1950. The van der Waals surface area contributed by atoms with Crippen molar-refractivity contribution >= 4 is 49.4 Å². The molecule has 2 fully saturated rings. The number of rotatable bonds is 5. The van der Waals surface area contributed by atoms with Crippen LogP contribution in [0.5, 0.6) is 0 Å². The van der Waals surface area contributed by atoms with Crippen molar-refractivity contribution in [2.45, 2.75) is 64.5 Å². The van der Waals surface area contributed by atoms with E-state index in [1.807, 2.05) is 0 Å². The minimum atomic E-state index is -0.794. The number of ether oxygens (including phenoxy) is 2. The molecular formula is C33H36F2N8O3S. The van der Waals surface area contributed by atoms with Gasteiger partial charge in [-0.2, -0.15) is 5.26 Å². The lowest BCUT2D eigenvalue weighted by molar-refractivity contribution is 0.0636. The summed E-state index contributed by atoms with van der Waals surface area (Å²) in [6, 6.07) is 2.98. The van der Waals surface area contributed by atoms with E-state index in [1.165, 1.54) is 0 Å². The van der Waals surface area contributed by atoms with E-state index in [-0.39, 0.29) is 50.6 Å². The molecule has 3 aromatic heterocycles. The second-order valence-electron chi connectivity index (χ2n) is 13.6. The summed E-state index contributed by atoms with van der Waals surface area (Å²) in [5.74, 6) is -0.893. The van der Waals surface area contributed by atoms with Crippen molar-refractivity contribution < 1.29 is 23.0 Å². The zero-order chi connectivity index (χ0) is 33.2. The lowest BCUT2D eigenvalue weighted by Crippen LogP contribution is -2.39. The Morgan fingerprint density at radius 1 is 1.15 bits per heavy atom. The molecule has 0 spiro atoms. The second kappa shape index (κ2) is 11.9. The van der Waals surface area contributed by atoms with Crippen LogP contribution in [0.4, 0.5) is 24.5 Å². The number of thiophene rings is 1. The van der Waals surface area contributed by atoms with Gasteiger partial charge in [0, 0.05) is 60.8 Å². The first-order valence-electron chi connectivity index (χ1n) is 15.7. The van der Waals surface area contributed by atoms with E-state index in [0.717, 1.165) is 62.1 Å². The molecule has 3 aliphatic heterocycles. The predicted octanol–water partition coefficient (Wildman–Crippen LogP) is 5.65. The van der Waals surface area contributed by atoms with E-state index in [2.05, 4.69) is 50.1 Å². The third-order valence-corrected chi connectivity index (χ3v) is 10.3. The molecule has 0 bridgehead atoms. The molecule has 246 valence electrons. The summed E-state index contributed by atoms with van der Waals surface area (Å²) in [7, 11) is 4.24. The third kappa shape index (κ3) is 5.65. The number of amides is 1. The summed E-state index contributed by atoms with van der Waals surface area (Å²) in [6.45, 7) is 9.04. The monoisotopic (exact) mass is 662 g/mol. The van der Waals surface area contributed by atoms with Gasteiger partial charge in [-0.15, -0.1) is 11.3 Å². The van der Waals surface area contributed by atoms with Crippen molar-refractivity contribution in [1.29, 1.82) is 5.26 Å². The SMILES string of the molecule is CN(C)[C@H]1CCN([C@@H]2CCN(c3ncc4c5c(c(-c6ncc(F)c7sc(NC(=O)OC(C)(C)C)c(C#N)c67)c(F)c4n3)COC5)C2)C1. The Morgan fingerprint density at radius 3 is 2.66 bits per heavy atom. The van der Waals surface area contributed by atoms with Crippen LogP contribution in [-0.2, 0) is 22.7 Å². The molecule has 1 amide bonds. The van der Waals surface area contributed by atoms with Gasteiger partial charge in [0.2, 0.25) is 5.95 Å². The highest BCUT2D eigenvalue weighted by Gasteiger charge is 2.35. The van der Waals surface area contributed by atoms with Crippen molar-refractivity contribution in [2.24, 2.45) is 0 Å². The zero-order valence-corrected chi connectivity index (χ0v) is 27.8. The van der Waals surface area contributed by atoms with Gasteiger partial charge in [-0.25, -0.2) is 23.5 Å². The Balaban J connectivity index is 1.30. The molecule has 1 aromatic carbocycles. The van der Waals surface area contributed by atoms with E-state index in [4.69, 9.17) is 14.5 Å². The van der Waals surface area contributed by atoms with E-state index in [1.54, 1.807) is 27.0 Å². The molecule has 6 heterocycles. The molecule has 0 aliphatic carbocycles. The number of nitrogens with one attached hydrogen (secondary N) is 1. The second-order valence-corrected chi connectivity index (χ2v) is 14.6. The van der Waals surface area contributed by atoms with E-state index in [0.29, 0.717) is 29.0 Å². The fraction of sp³-hybridized carbons (Fsp3) is 0.485. The molecule has 47 heavy (non-hydrogen) atoms. The first-order chi connectivity index (χ1) is 22.4. The molecule has 1 N–H and O–H groups in total. The van der Waals surface area contributed by atoms with Gasteiger partial charge in [0.1, 0.15) is 22.2 Å². The third-order valence-electron chi connectivity index (χ3n) is 9.21. The number of nitriles is 1. The molecule has 3 aliphatic rings. The molecule has 4 aromatic rings. The van der Waals surface area contributed by atoms with E-state index < -0.39 is 23.3 Å². The maximum Gasteiger partial charge on any atom is 0.412 e. The Labute approximate surface area is 275 Å². The lowest BCUT2D eigenvalue weighted by Gasteiger charge is -2.25. The van der Waals surface area contributed by atoms with Crippen LogP contribution in [0.15, 0.2) is 12.4 Å². The molecule has 0 unspecified atom stereocenters. The number of likely N-dealkylation sites (tertiary alicyclic amines) is 1. The fourth-order valence-corrected chi connectivity index (χ4v) is 7.94. The van der Waals surface area contributed by atoms with Gasteiger partial charge in [-0.3, -0.25) is 15.2 Å². The zero-order valence-electron chi connectivity index (χ0n) is 27.0. The summed E-state index contributed by atoms with van der Waals surface area (Å²) in [5.41, 5.74) is 0.757. The van der Waals surface area contributed by atoms with Crippen LogP contribution >= 0.6 is 11.3 Å². The standard InChI is InChI=1S/C33H36F2N8O3S/c1-33(2,3)46-32(44)40-30-19(10-36)25-28(37-12-23(34)29(25)47-30)24-22-16-45-15-21(22)20-11-38-31(39-27(20)26(24)35)43-9-7-18(14-43)42-8-6-17(13-42)41(4)5/h11-12,17-18H,6-9,13-16H2,1-5H3,(H,40,44)/t17-,18+/m0/s1. The van der Waals surface area contributed by atoms with Crippen LogP contribution in [0, 0.1) is 23.0 Å². The smallest absolute Gasteiger partial charge is 0.412 e. The number of likely N-dealkylation sites (N-methyl/N-ethyl adjacent to an activating group) is 1. The summed E-state index contributed by atoms with van der Waals surface area (Å²) in [4.78, 5) is 33.3. The molecule has 0 saturated carbocycles. The van der Waals surface area contributed by atoms with Crippen LogP contribution in [-0.4, -0.2) is 88.8 Å². The number of aromatic nitrogens is 3. The van der Waals surface area contributed by atoms with Gasteiger partial charge in [0.15, 0.2) is 11.6 Å². The molecule has 0 radical (unpaired) electrons.